The molecule has 1 heterocycles. The number of fused-ring (bicyclic) bond motifs is 1. The molecule has 0 fully saturated rings. The van der Waals surface area contributed by atoms with Crippen molar-refractivity contribution in [3.05, 3.63) is 101 Å². The van der Waals surface area contributed by atoms with E-state index in [1.54, 1.807) is 25.1 Å². The number of benzene rings is 3. The van der Waals surface area contributed by atoms with Crippen LogP contribution >= 0.6 is 0 Å². The van der Waals surface area contributed by atoms with Gasteiger partial charge in [0.25, 0.3) is 5.56 Å². The van der Waals surface area contributed by atoms with E-state index in [-0.39, 0.29) is 11.3 Å². The molecule has 0 spiro atoms. The topological polar surface area (TPSA) is 52.0 Å². The molecule has 4 rings (SSSR count). The van der Waals surface area contributed by atoms with E-state index < -0.39 is 6.04 Å². The first kappa shape index (κ1) is 16.9. The second-order valence-corrected chi connectivity index (χ2v) is 6.42. The Morgan fingerprint density at radius 1 is 0.815 bits per heavy atom. The fourth-order valence-electron chi connectivity index (χ4n) is 3.23. The molecule has 0 saturated carbocycles. The second kappa shape index (κ2) is 7.00. The standard InChI is InChI=1S/C23H18N2O2/c1-16(22(26)18-12-6-3-7-13-18)25-23(27)20-15-9-8-14-19(20)21(24-25)17-10-4-2-5-11-17/h2-16H,1H3. The highest BCUT2D eigenvalue weighted by molar-refractivity contribution is 5.99. The normalized spacial score (nSPS) is 12.0. The zero-order chi connectivity index (χ0) is 18.8. The monoisotopic (exact) mass is 354 g/mol. The van der Waals surface area contributed by atoms with E-state index in [2.05, 4.69) is 5.10 Å². The Hall–Kier alpha value is -3.53. The van der Waals surface area contributed by atoms with Crippen molar-refractivity contribution in [2.24, 2.45) is 0 Å². The van der Waals surface area contributed by atoms with Crippen molar-refractivity contribution in [2.75, 3.05) is 0 Å². The Labute approximate surface area is 156 Å². The first-order chi connectivity index (χ1) is 13.2. The molecule has 0 aliphatic heterocycles. The summed E-state index contributed by atoms with van der Waals surface area (Å²) in [5, 5.41) is 5.94. The minimum atomic E-state index is -0.702. The van der Waals surface area contributed by atoms with Crippen molar-refractivity contribution in [1.29, 1.82) is 0 Å². The van der Waals surface area contributed by atoms with Crippen molar-refractivity contribution >= 4 is 16.6 Å². The lowest BCUT2D eigenvalue weighted by atomic mass is 10.0. The molecule has 0 radical (unpaired) electrons. The molecule has 1 unspecified atom stereocenters. The van der Waals surface area contributed by atoms with Crippen molar-refractivity contribution in [2.45, 2.75) is 13.0 Å². The predicted molar refractivity (Wildman–Crippen MR) is 107 cm³/mol. The molecule has 4 aromatic rings. The molecule has 27 heavy (non-hydrogen) atoms. The fourth-order valence-corrected chi connectivity index (χ4v) is 3.23. The third-order valence-electron chi connectivity index (χ3n) is 4.68. The van der Waals surface area contributed by atoms with E-state index in [4.69, 9.17) is 0 Å². The summed E-state index contributed by atoms with van der Waals surface area (Å²) in [6.45, 7) is 1.72. The molecule has 132 valence electrons. The molecule has 0 saturated heterocycles. The lowest BCUT2D eigenvalue weighted by Crippen LogP contribution is -2.31. The molecule has 3 aromatic carbocycles. The van der Waals surface area contributed by atoms with Crippen LogP contribution in [0.3, 0.4) is 0 Å². The molecule has 0 bridgehead atoms. The summed E-state index contributed by atoms with van der Waals surface area (Å²) >= 11 is 0. The number of rotatable bonds is 4. The summed E-state index contributed by atoms with van der Waals surface area (Å²) in [4.78, 5) is 25.9. The minimum absolute atomic E-state index is 0.139. The van der Waals surface area contributed by atoms with Crippen LogP contribution in [0.5, 0.6) is 0 Å². The Kier molecular flexibility index (Phi) is 4.38. The van der Waals surface area contributed by atoms with Gasteiger partial charge in [0, 0.05) is 16.5 Å². The lowest BCUT2D eigenvalue weighted by Gasteiger charge is -2.16. The van der Waals surface area contributed by atoms with Gasteiger partial charge in [-0.1, -0.05) is 78.9 Å². The largest absolute Gasteiger partial charge is 0.292 e. The lowest BCUT2D eigenvalue weighted by molar-refractivity contribution is 0.0925. The highest BCUT2D eigenvalue weighted by atomic mass is 16.1. The van der Waals surface area contributed by atoms with Crippen LogP contribution in [0, 0.1) is 0 Å². The molecule has 4 nitrogen and oxygen atoms in total. The molecule has 4 heteroatoms. The van der Waals surface area contributed by atoms with E-state index in [0.29, 0.717) is 16.6 Å². The summed E-state index contributed by atoms with van der Waals surface area (Å²) in [6.07, 6.45) is 0. The number of carbonyl (C=O) groups is 1. The predicted octanol–water partition coefficient (Wildman–Crippen LogP) is 4.51. The summed E-state index contributed by atoms with van der Waals surface area (Å²) in [7, 11) is 0. The van der Waals surface area contributed by atoms with E-state index in [0.717, 1.165) is 10.9 Å². The van der Waals surface area contributed by atoms with Crippen LogP contribution in [0.25, 0.3) is 22.0 Å². The first-order valence-corrected chi connectivity index (χ1v) is 8.83. The van der Waals surface area contributed by atoms with E-state index in [9.17, 15) is 9.59 Å². The van der Waals surface area contributed by atoms with Gasteiger partial charge in [-0.2, -0.15) is 5.10 Å². The number of ketones is 1. The van der Waals surface area contributed by atoms with Crippen LogP contribution < -0.4 is 5.56 Å². The summed E-state index contributed by atoms with van der Waals surface area (Å²) < 4.78 is 1.31. The van der Waals surface area contributed by atoms with Gasteiger partial charge in [0.05, 0.1) is 11.1 Å². The van der Waals surface area contributed by atoms with Gasteiger partial charge in [-0.15, -0.1) is 0 Å². The van der Waals surface area contributed by atoms with Crippen LogP contribution in [0.15, 0.2) is 89.7 Å². The molecular weight excluding hydrogens is 336 g/mol. The average Bonchev–Trinajstić information content (AvgIpc) is 2.74. The van der Waals surface area contributed by atoms with E-state index >= 15 is 0 Å². The first-order valence-electron chi connectivity index (χ1n) is 8.83. The highest BCUT2D eigenvalue weighted by Gasteiger charge is 2.21. The third kappa shape index (κ3) is 3.06. The SMILES string of the molecule is CC(C(=O)c1ccccc1)n1nc(-c2ccccc2)c2ccccc2c1=O. The quantitative estimate of drug-likeness (QED) is 0.507. The zero-order valence-electron chi connectivity index (χ0n) is 14.9. The fraction of sp³-hybridized carbons (Fsp3) is 0.0870. The van der Waals surface area contributed by atoms with Gasteiger partial charge in [-0.05, 0) is 13.0 Å². The molecule has 1 atom stereocenters. The maximum Gasteiger partial charge on any atom is 0.275 e. The van der Waals surface area contributed by atoms with Crippen LogP contribution in [0.4, 0.5) is 0 Å². The van der Waals surface area contributed by atoms with Gasteiger partial charge >= 0.3 is 0 Å². The minimum Gasteiger partial charge on any atom is -0.292 e. The second-order valence-electron chi connectivity index (χ2n) is 6.42. The maximum atomic E-state index is 13.0. The van der Waals surface area contributed by atoms with Crippen LogP contribution in [0.2, 0.25) is 0 Å². The van der Waals surface area contributed by atoms with Gasteiger partial charge in [0.2, 0.25) is 0 Å². The number of Topliss-reactive ketones (excluding diaryl/α,β-unsaturated/α-hetero) is 1. The maximum absolute atomic E-state index is 13.0. The molecule has 0 amide bonds. The van der Waals surface area contributed by atoms with Crippen LogP contribution in [-0.4, -0.2) is 15.6 Å². The highest BCUT2D eigenvalue weighted by Crippen LogP contribution is 2.25. The number of hydrogen-bond acceptors (Lipinski definition) is 3. The van der Waals surface area contributed by atoms with E-state index in [1.807, 2.05) is 66.7 Å². The number of hydrogen-bond donors (Lipinski definition) is 0. The third-order valence-corrected chi connectivity index (χ3v) is 4.68. The van der Waals surface area contributed by atoms with Crippen LogP contribution in [0.1, 0.15) is 23.3 Å². The molecule has 0 aliphatic rings. The van der Waals surface area contributed by atoms with Crippen molar-refractivity contribution < 1.29 is 4.79 Å². The summed E-state index contributed by atoms with van der Waals surface area (Å²) in [5.41, 5.74) is 1.90. The molecule has 0 N–H and O–H groups in total. The molecule has 0 aliphatic carbocycles. The van der Waals surface area contributed by atoms with Gasteiger partial charge in [0.1, 0.15) is 6.04 Å². The summed E-state index contributed by atoms with van der Waals surface area (Å²) in [6, 6.07) is 25.4. The van der Waals surface area contributed by atoms with Crippen molar-refractivity contribution in [3.8, 4) is 11.3 Å². The van der Waals surface area contributed by atoms with Crippen molar-refractivity contribution in [3.63, 3.8) is 0 Å². The van der Waals surface area contributed by atoms with E-state index in [1.165, 1.54) is 4.68 Å². The average molecular weight is 354 g/mol. The zero-order valence-corrected chi connectivity index (χ0v) is 14.9. The molecule has 1 aromatic heterocycles. The Morgan fingerprint density at radius 3 is 2.04 bits per heavy atom. The van der Waals surface area contributed by atoms with Gasteiger partial charge < -0.3 is 0 Å². The number of nitrogens with zero attached hydrogens (tertiary/aromatic N) is 2. The van der Waals surface area contributed by atoms with Crippen LogP contribution in [-0.2, 0) is 0 Å². The Morgan fingerprint density at radius 2 is 1.37 bits per heavy atom. The molecular formula is C23H18N2O2. The van der Waals surface area contributed by atoms with Gasteiger partial charge in [-0.3, -0.25) is 9.59 Å². The Balaban J connectivity index is 1.92. The van der Waals surface area contributed by atoms with Gasteiger partial charge in [-0.25, -0.2) is 4.68 Å². The summed E-state index contributed by atoms with van der Waals surface area (Å²) in [5.74, 6) is -0.139. The smallest absolute Gasteiger partial charge is 0.275 e. The Bertz CT molecular complexity index is 1170. The van der Waals surface area contributed by atoms with Gasteiger partial charge in [0.15, 0.2) is 5.78 Å². The van der Waals surface area contributed by atoms with Crippen molar-refractivity contribution in [1.82, 2.24) is 9.78 Å². The number of aromatic nitrogens is 2. The number of carbonyl (C=O) groups excluding carboxylic acids is 1.